The summed E-state index contributed by atoms with van der Waals surface area (Å²) < 4.78 is 38.7. The monoisotopic (exact) mass is 270 g/mol. The Morgan fingerprint density at radius 2 is 1.95 bits per heavy atom. The predicted octanol–water partition coefficient (Wildman–Crippen LogP) is 2.57. The Labute approximate surface area is 108 Å². The molecule has 0 spiro atoms. The second kappa shape index (κ2) is 3.65. The Kier molecular flexibility index (Phi) is 2.37. The fourth-order valence-corrected chi connectivity index (χ4v) is 2.93. The highest BCUT2D eigenvalue weighted by Gasteiger charge is 2.57. The molecule has 1 aromatic rings. The Bertz CT molecular complexity index is 536. The zero-order valence-corrected chi connectivity index (χ0v) is 10.1. The van der Waals surface area contributed by atoms with Gasteiger partial charge in [0.05, 0.1) is 11.1 Å². The molecule has 0 aliphatic heterocycles. The number of carbonyl (C=O) groups excluding carboxylic acids is 1. The average Bonchev–Trinajstić information content (AvgIpc) is 2.20. The van der Waals surface area contributed by atoms with Gasteiger partial charge in [0.15, 0.2) is 0 Å². The van der Waals surface area contributed by atoms with Crippen molar-refractivity contribution in [2.45, 2.75) is 31.0 Å². The van der Waals surface area contributed by atoms with Crippen LogP contribution in [0.2, 0.25) is 0 Å². The molecule has 3 nitrogen and oxygen atoms in total. The molecule has 3 fully saturated rings. The molecular formula is C13H13F3N2O. The van der Waals surface area contributed by atoms with E-state index >= 15 is 0 Å². The van der Waals surface area contributed by atoms with Gasteiger partial charge in [0.2, 0.25) is 0 Å². The molecule has 1 amide bonds. The Morgan fingerprint density at radius 3 is 2.42 bits per heavy atom. The number of rotatable bonds is 2. The smallest absolute Gasteiger partial charge is 0.399 e. The highest BCUT2D eigenvalue weighted by Crippen LogP contribution is 2.57. The van der Waals surface area contributed by atoms with Crippen molar-refractivity contribution in [2.24, 2.45) is 5.92 Å². The largest absolute Gasteiger partial charge is 0.417 e. The minimum Gasteiger partial charge on any atom is -0.399 e. The van der Waals surface area contributed by atoms with Crippen LogP contribution in [0.4, 0.5) is 18.9 Å². The summed E-state index contributed by atoms with van der Waals surface area (Å²) in [5, 5.41) is 2.73. The minimum atomic E-state index is -4.58. The van der Waals surface area contributed by atoms with E-state index in [4.69, 9.17) is 5.73 Å². The third-order valence-electron chi connectivity index (χ3n) is 4.01. The normalized spacial score (nSPS) is 28.3. The summed E-state index contributed by atoms with van der Waals surface area (Å²) >= 11 is 0. The Hall–Kier alpha value is -1.72. The summed E-state index contributed by atoms with van der Waals surface area (Å²) in [6, 6.07) is 3.25. The first-order valence-electron chi connectivity index (χ1n) is 6.08. The number of nitrogens with one attached hydrogen (secondary N) is 1. The van der Waals surface area contributed by atoms with Crippen LogP contribution in [-0.4, -0.2) is 11.4 Å². The van der Waals surface area contributed by atoms with E-state index in [9.17, 15) is 18.0 Å². The van der Waals surface area contributed by atoms with Gasteiger partial charge in [-0.25, -0.2) is 0 Å². The van der Waals surface area contributed by atoms with Crippen molar-refractivity contribution < 1.29 is 18.0 Å². The topological polar surface area (TPSA) is 55.1 Å². The molecule has 1 aromatic carbocycles. The molecule has 3 aliphatic carbocycles. The molecule has 0 saturated heterocycles. The molecule has 102 valence electrons. The number of halogens is 3. The first kappa shape index (κ1) is 12.3. The lowest BCUT2D eigenvalue weighted by atomic mass is 9.50. The summed E-state index contributed by atoms with van der Waals surface area (Å²) in [6.07, 6.45) is -1.93. The molecular weight excluding hydrogens is 257 g/mol. The first-order valence-corrected chi connectivity index (χ1v) is 6.08. The van der Waals surface area contributed by atoms with Gasteiger partial charge in [0.25, 0.3) is 5.91 Å². The van der Waals surface area contributed by atoms with E-state index in [1.165, 1.54) is 6.07 Å². The molecule has 0 aromatic heterocycles. The van der Waals surface area contributed by atoms with E-state index in [2.05, 4.69) is 5.32 Å². The maximum absolute atomic E-state index is 12.9. The zero-order valence-electron chi connectivity index (χ0n) is 10.1. The molecule has 3 aliphatic rings. The van der Waals surface area contributed by atoms with Crippen LogP contribution in [0.5, 0.6) is 0 Å². The van der Waals surface area contributed by atoms with Gasteiger partial charge in [-0.15, -0.1) is 0 Å². The number of hydrogen-bond acceptors (Lipinski definition) is 2. The predicted molar refractivity (Wildman–Crippen MR) is 63.4 cm³/mol. The summed E-state index contributed by atoms with van der Waals surface area (Å²) in [6.45, 7) is 0. The summed E-state index contributed by atoms with van der Waals surface area (Å²) in [4.78, 5) is 12.0. The maximum Gasteiger partial charge on any atom is 0.417 e. The van der Waals surface area contributed by atoms with Crippen molar-refractivity contribution in [3.63, 3.8) is 0 Å². The lowest BCUT2D eigenvalue weighted by molar-refractivity contribution is -0.138. The van der Waals surface area contributed by atoms with Crippen molar-refractivity contribution in [1.29, 1.82) is 0 Å². The van der Waals surface area contributed by atoms with Crippen LogP contribution < -0.4 is 11.1 Å². The fourth-order valence-electron chi connectivity index (χ4n) is 2.93. The highest BCUT2D eigenvalue weighted by molar-refractivity contribution is 5.97. The lowest BCUT2D eigenvalue weighted by Gasteiger charge is -2.61. The third-order valence-corrected chi connectivity index (χ3v) is 4.01. The van der Waals surface area contributed by atoms with E-state index in [1.54, 1.807) is 0 Å². The van der Waals surface area contributed by atoms with E-state index in [1.807, 2.05) is 0 Å². The van der Waals surface area contributed by atoms with Crippen LogP contribution in [0.25, 0.3) is 0 Å². The second-order valence-corrected chi connectivity index (χ2v) is 5.52. The molecule has 4 rings (SSSR count). The van der Waals surface area contributed by atoms with Crippen LogP contribution in [0.15, 0.2) is 18.2 Å². The number of alkyl halides is 3. The third kappa shape index (κ3) is 1.95. The van der Waals surface area contributed by atoms with Gasteiger partial charge < -0.3 is 11.1 Å². The molecule has 0 atom stereocenters. The van der Waals surface area contributed by atoms with E-state index in [-0.39, 0.29) is 16.8 Å². The summed E-state index contributed by atoms with van der Waals surface area (Å²) in [7, 11) is 0. The first-order chi connectivity index (χ1) is 8.79. The Balaban J connectivity index is 1.88. The van der Waals surface area contributed by atoms with Crippen LogP contribution in [0.1, 0.15) is 35.2 Å². The summed E-state index contributed by atoms with van der Waals surface area (Å²) in [5.41, 5.74) is 3.79. The van der Waals surface area contributed by atoms with Gasteiger partial charge in [0.1, 0.15) is 0 Å². The van der Waals surface area contributed by atoms with Gasteiger partial charge in [-0.3, -0.25) is 4.79 Å². The minimum absolute atomic E-state index is 0.00519. The van der Waals surface area contributed by atoms with Crippen molar-refractivity contribution in [1.82, 2.24) is 5.32 Å². The molecule has 3 saturated carbocycles. The van der Waals surface area contributed by atoms with Gasteiger partial charge in [0, 0.05) is 11.2 Å². The van der Waals surface area contributed by atoms with E-state index in [0.29, 0.717) is 5.92 Å². The average molecular weight is 270 g/mol. The molecule has 6 heteroatoms. The van der Waals surface area contributed by atoms with Crippen LogP contribution >= 0.6 is 0 Å². The molecule has 0 radical (unpaired) electrons. The summed E-state index contributed by atoms with van der Waals surface area (Å²) in [5.74, 6) is -0.0146. The number of nitrogen functional groups attached to an aromatic ring is 1. The van der Waals surface area contributed by atoms with E-state index < -0.39 is 17.6 Å². The second-order valence-electron chi connectivity index (χ2n) is 5.52. The van der Waals surface area contributed by atoms with Crippen molar-refractivity contribution in [2.75, 3.05) is 5.73 Å². The van der Waals surface area contributed by atoms with Crippen molar-refractivity contribution >= 4 is 11.6 Å². The van der Waals surface area contributed by atoms with Crippen LogP contribution in [0, 0.1) is 5.92 Å². The number of anilines is 1. The fraction of sp³-hybridized carbons (Fsp3) is 0.462. The van der Waals surface area contributed by atoms with Crippen LogP contribution in [0.3, 0.4) is 0 Å². The standard InChI is InChI=1S/C13H13F3N2O/c14-13(15,16)10-3-8(17)1-2-9(10)11(19)18-12-4-7(5-12)6-12/h1-3,7H,4-6,17H2,(H,18,19). The van der Waals surface area contributed by atoms with E-state index in [0.717, 1.165) is 31.4 Å². The SMILES string of the molecule is Nc1ccc(C(=O)NC23CC(C2)C3)c(C(F)(F)F)c1. The lowest BCUT2D eigenvalue weighted by Crippen LogP contribution is -2.68. The van der Waals surface area contributed by atoms with Crippen LogP contribution in [-0.2, 0) is 6.18 Å². The van der Waals surface area contributed by atoms with Gasteiger partial charge >= 0.3 is 6.18 Å². The molecule has 3 N–H and O–H groups in total. The molecule has 19 heavy (non-hydrogen) atoms. The number of hydrogen-bond donors (Lipinski definition) is 2. The zero-order chi connectivity index (χ0) is 13.8. The Morgan fingerprint density at radius 1 is 1.32 bits per heavy atom. The molecule has 0 heterocycles. The number of benzene rings is 1. The van der Waals surface area contributed by atoms with Crippen molar-refractivity contribution in [3.05, 3.63) is 29.3 Å². The van der Waals surface area contributed by atoms with Crippen molar-refractivity contribution in [3.8, 4) is 0 Å². The molecule has 2 bridgehead atoms. The number of amides is 1. The molecule has 0 unspecified atom stereocenters. The number of nitrogens with two attached hydrogens (primary N) is 1. The van der Waals surface area contributed by atoms with Gasteiger partial charge in [-0.2, -0.15) is 13.2 Å². The quantitative estimate of drug-likeness (QED) is 0.811. The maximum atomic E-state index is 12.9. The van der Waals surface area contributed by atoms with Gasteiger partial charge in [-0.1, -0.05) is 0 Å². The number of carbonyl (C=O) groups is 1. The van der Waals surface area contributed by atoms with Gasteiger partial charge in [-0.05, 0) is 43.4 Å². The highest BCUT2D eigenvalue weighted by atomic mass is 19.4.